The van der Waals surface area contributed by atoms with Gasteiger partial charge in [0.05, 0.1) is 0 Å². The molecule has 0 aliphatic carbocycles. The lowest BCUT2D eigenvalue weighted by Crippen LogP contribution is -2.43. The normalized spacial score (nSPS) is 17.0. The number of aromatic nitrogens is 1. The van der Waals surface area contributed by atoms with Crippen LogP contribution in [0, 0.1) is 0 Å². The van der Waals surface area contributed by atoms with Crippen molar-refractivity contribution in [3.05, 3.63) is 24.3 Å². The summed E-state index contributed by atoms with van der Waals surface area (Å²) >= 11 is 0. The molecule has 1 N–H and O–H groups in total. The van der Waals surface area contributed by atoms with Crippen molar-refractivity contribution in [3.63, 3.8) is 0 Å². The van der Waals surface area contributed by atoms with Gasteiger partial charge in [-0.2, -0.15) is 9.29 Å². The lowest BCUT2D eigenvalue weighted by atomic mass is 10.1. The highest BCUT2D eigenvalue weighted by atomic mass is 35.5. The molecule has 0 radical (unpaired) electrons. The molecule has 1 aromatic heterocycles. The second-order valence-corrected chi connectivity index (χ2v) is 6.83. The van der Waals surface area contributed by atoms with Crippen molar-refractivity contribution in [3.8, 4) is 0 Å². The maximum absolute atomic E-state index is 12.6. The number of piperidine rings is 1. The van der Waals surface area contributed by atoms with Gasteiger partial charge in [0.1, 0.15) is 5.52 Å². The van der Waals surface area contributed by atoms with E-state index in [1.54, 1.807) is 31.3 Å². The predicted molar refractivity (Wildman–Crippen MR) is 82.1 cm³/mol. The van der Waals surface area contributed by atoms with Gasteiger partial charge in [0.2, 0.25) is 0 Å². The van der Waals surface area contributed by atoms with Gasteiger partial charge in [-0.3, -0.25) is 0 Å². The minimum Gasteiger partial charge on any atom is -0.427 e. The monoisotopic (exact) mass is 331 g/mol. The van der Waals surface area contributed by atoms with E-state index in [1.807, 2.05) is 0 Å². The van der Waals surface area contributed by atoms with Crippen LogP contribution in [0.25, 0.3) is 11.1 Å². The van der Waals surface area contributed by atoms with Crippen LogP contribution in [0.4, 0.5) is 0 Å². The predicted octanol–water partition coefficient (Wildman–Crippen LogP) is 1.62. The SMILES string of the molecule is CN(C1CCNCC1)S(=O)(=O)c1nc2ccccc2o1.Cl. The molecule has 6 nitrogen and oxygen atoms in total. The van der Waals surface area contributed by atoms with Gasteiger partial charge in [-0.05, 0) is 38.1 Å². The Bertz CT molecular complexity index is 677. The first-order valence-electron chi connectivity index (χ1n) is 6.63. The van der Waals surface area contributed by atoms with Crippen molar-refractivity contribution in [2.45, 2.75) is 24.1 Å². The molecule has 8 heteroatoms. The molecule has 1 aliphatic heterocycles. The van der Waals surface area contributed by atoms with E-state index in [0.29, 0.717) is 11.1 Å². The van der Waals surface area contributed by atoms with Crippen LogP contribution in [0.2, 0.25) is 0 Å². The van der Waals surface area contributed by atoms with Crippen LogP contribution >= 0.6 is 12.4 Å². The van der Waals surface area contributed by atoms with Crippen molar-refractivity contribution < 1.29 is 12.8 Å². The van der Waals surface area contributed by atoms with Crippen molar-refractivity contribution in [1.82, 2.24) is 14.6 Å². The first kappa shape index (κ1) is 16.2. The molecule has 0 atom stereocenters. The molecule has 0 unspecified atom stereocenters. The Balaban J connectivity index is 0.00000161. The molecule has 0 spiro atoms. The van der Waals surface area contributed by atoms with Gasteiger partial charge >= 0.3 is 5.22 Å². The van der Waals surface area contributed by atoms with Gasteiger partial charge in [0.25, 0.3) is 10.0 Å². The molecule has 1 fully saturated rings. The molecular weight excluding hydrogens is 314 g/mol. The summed E-state index contributed by atoms with van der Waals surface area (Å²) in [6, 6.07) is 7.04. The van der Waals surface area contributed by atoms with Crippen molar-refractivity contribution in [2.24, 2.45) is 0 Å². The van der Waals surface area contributed by atoms with Crippen LogP contribution < -0.4 is 5.32 Å². The van der Waals surface area contributed by atoms with Crippen LogP contribution in [0.3, 0.4) is 0 Å². The van der Waals surface area contributed by atoms with Crippen molar-refractivity contribution >= 4 is 33.5 Å². The van der Waals surface area contributed by atoms with Crippen LogP contribution in [-0.2, 0) is 10.0 Å². The lowest BCUT2D eigenvalue weighted by molar-refractivity contribution is 0.288. The summed E-state index contributed by atoms with van der Waals surface area (Å²) in [6.07, 6.45) is 1.60. The lowest BCUT2D eigenvalue weighted by Gasteiger charge is -2.29. The number of hydrogen-bond donors (Lipinski definition) is 1. The summed E-state index contributed by atoms with van der Waals surface area (Å²) in [6.45, 7) is 1.66. The molecule has 3 rings (SSSR count). The second kappa shape index (κ2) is 6.31. The van der Waals surface area contributed by atoms with Crippen LogP contribution in [0.1, 0.15) is 12.8 Å². The number of hydrogen-bond acceptors (Lipinski definition) is 5. The number of nitrogens with zero attached hydrogens (tertiary/aromatic N) is 2. The van der Waals surface area contributed by atoms with E-state index in [9.17, 15) is 8.42 Å². The number of rotatable bonds is 3. The number of oxazole rings is 1. The average molecular weight is 332 g/mol. The van der Waals surface area contributed by atoms with Gasteiger partial charge in [-0.25, -0.2) is 8.42 Å². The van der Waals surface area contributed by atoms with Gasteiger partial charge in [-0.15, -0.1) is 12.4 Å². The second-order valence-electron chi connectivity index (χ2n) is 4.95. The fraction of sp³-hybridized carbons (Fsp3) is 0.462. The highest BCUT2D eigenvalue weighted by Gasteiger charge is 2.32. The minimum absolute atomic E-state index is 0. The van der Waals surface area contributed by atoms with Gasteiger partial charge < -0.3 is 9.73 Å². The molecule has 116 valence electrons. The Morgan fingerprint density at radius 3 is 2.62 bits per heavy atom. The molecular formula is C13H18ClN3O3S. The molecule has 1 aromatic carbocycles. The Hall–Kier alpha value is -1.15. The smallest absolute Gasteiger partial charge is 0.332 e. The zero-order valence-electron chi connectivity index (χ0n) is 11.7. The summed E-state index contributed by atoms with van der Waals surface area (Å²) in [5, 5.41) is 3.00. The molecule has 1 saturated heterocycles. The van der Waals surface area contributed by atoms with Crippen LogP contribution in [0.15, 0.2) is 33.9 Å². The summed E-state index contributed by atoms with van der Waals surface area (Å²) < 4.78 is 31.9. The highest BCUT2D eigenvalue weighted by Crippen LogP contribution is 2.23. The number of nitrogens with one attached hydrogen (secondary N) is 1. The maximum Gasteiger partial charge on any atom is 0.332 e. The van der Waals surface area contributed by atoms with Crippen molar-refractivity contribution in [2.75, 3.05) is 20.1 Å². The Kier molecular flexibility index (Phi) is 4.88. The first-order valence-corrected chi connectivity index (χ1v) is 8.07. The maximum atomic E-state index is 12.6. The number of fused-ring (bicyclic) bond motifs is 1. The molecule has 21 heavy (non-hydrogen) atoms. The number of benzene rings is 1. The van der Waals surface area contributed by atoms with E-state index < -0.39 is 10.0 Å². The van der Waals surface area contributed by atoms with E-state index in [0.717, 1.165) is 25.9 Å². The Morgan fingerprint density at radius 1 is 1.29 bits per heavy atom. The molecule has 2 heterocycles. The average Bonchev–Trinajstić information content (AvgIpc) is 2.92. The fourth-order valence-corrected chi connectivity index (χ4v) is 3.71. The van der Waals surface area contributed by atoms with Crippen molar-refractivity contribution in [1.29, 1.82) is 0 Å². The number of halogens is 1. The molecule has 0 bridgehead atoms. The van der Waals surface area contributed by atoms with Gasteiger partial charge in [0, 0.05) is 13.1 Å². The highest BCUT2D eigenvalue weighted by molar-refractivity contribution is 7.88. The Labute approximate surface area is 130 Å². The van der Waals surface area contributed by atoms with E-state index in [1.165, 1.54) is 4.31 Å². The summed E-state index contributed by atoms with van der Waals surface area (Å²) in [7, 11) is -2.08. The fourth-order valence-electron chi connectivity index (χ4n) is 2.45. The standard InChI is InChI=1S/C13H17N3O3S.ClH/c1-16(10-6-8-14-9-7-10)20(17,18)13-15-11-4-2-3-5-12(11)19-13;/h2-5,10,14H,6-9H2,1H3;1H. The molecule has 0 amide bonds. The third kappa shape index (κ3) is 3.06. The Morgan fingerprint density at radius 2 is 1.95 bits per heavy atom. The third-order valence-electron chi connectivity index (χ3n) is 3.70. The van der Waals surface area contributed by atoms with Crippen LogP contribution in [-0.4, -0.2) is 43.9 Å². The zero-order chi connectivity index (χ0) is 14.2. The van der Waals surface area contributed by atoms with E-state index >= 15 is 0 Å². The quantitative estimate of drug-likeness (QED) is 0.925. The molecule has 2 aromatic rings. The number of para-hydroxylation sites is 2. The molecule has 1 aliphatic rings. The summed E-state index contributed by atoms with van der Waals surface area (Å²) in [5.41, 5.74) is 1.05. The van der Waals surface area contributed by atoms with Gasteiger partial charge in [0.15, 0.2) is 5.58 Å². The van der Waals surface area contributed by atoms with Crippen LogP contribution in [0.5, 0.6) is 0 Å². The molecule has 0 saturated carbocycles. The number of sulfonamides is 1. The third-order valence-corrected chi connectivity index (χ3v) is 5.37. The largest absolute Gasteiger partial charge is 0.427 e. The summed E-state index contributed by atoms with van der Waals surface area (Å²) in [4.78, 5) is 4.09. The summed E-state index contributed by atoms with van der Waals surface area (Å²) in [5.74, 6) is 0. The first-order chi connectivity index (χ1) is 9.59. The van der Waals surface area contributed by atoms with E-state index in [2.05, 4.69) is 10.3 Å². The minimum atomic E-state index is -3.67. The zero-order valence-corrected chi connectivity index (χ0v) is 13.3. The topological polar surface area (TPSA) is 75.4 Å². The van der Waals surface area contributed by atoms with E-state index in [4.69, 9.17) is 4.42 Å². The van der Waals surface area contributed by atoms with E-state index in [-0.39, 0.29) is 23.7 Å². The van der Waals surface area contributed by atoms with Gasteiger partial charge in [-0.1, -0.05) is 12.1 Å².